The molecule has 12 heteroatoms. The number of hydrogen-bond acceptors (Lipinski definition) is 8. The number of anilines is 3. The first kappa shape index (κ1) is 25.1. The van der Waals surface area contributed by atoms with E-state index in [1.807, 2.05) is 4.90 Å². The molecule has 188 valence electrons. The molecule has 2 aliphatic rings. The number of thiocarbonyl (C=S) groups is 1. The van der Waals surface area contributed by atoms with Crippen LogP contribution in [-0.4, -0.2) is 53.8 Å². The fourth-order valence-electron chi connectivity index (χ4n) is 4.35. The number of nitrogens with one attached hydrogen (secondary N) is 2. The molecule has 2 saturated heterocycles. The Morgan fingerprint density at radius 2 is 2.00 bits per heavy atom. The van der Waals surface area contributed by atoms with Gasteiger partial charge < -0.3 is 20.3 Å². The number of piperidine rings is 1. The number of nitro benzene ring substituents is 1. The number of nitrogens with zero attached hydrogens (tertiary/aromatic N) is 4. The normalized spacial score (nSPS) is 18.8. The van der Waals surface area contributed by atoms with Crippen LogP contribution in [0.2, 0.25) is 0 Å². The molecule has 0 saturated carbocycles. The minimum atomic E-state index is -0.869. The smallest absolute Gasteiger partial charge is 0.414 e. The number of non-ortho nitro benzene ring substituents is 1. The van der Waals surface area contributed by atoms with E-state index in [0.717, 1.165) is 0 Å². The van der Waals surface area contributed by atoms with Gasteiger partial charge in [0.1, 0.15) is 17.5 Å². The summed E-state index contributed by atoms with van der Waals surface area (Å²) in [7, 11) is 0. The molecule has 10 nitrogen and oxygen atoms in total. The van der Waals surface area contributed by atoms with Gasteiger partial charge in [-0.1, -0.05) is 12.2 Å². The third-order valence-electron chi connectivity index (χ3n) is 6.33. The first-order valence-corrected chi connectivity index (χ1v) is 11.8. The summed E-state index contributed by atoms with van der Waals surface area (Å²) in [5.41, 5.74) is 0.512. The average Bonchev–Trinajstić information content (AvgIpc) is 3.24. The van der Waals surface area contributed by atoms with Crippen LogP contribution < -0.4 is 20.4 Å². The number of rotatable bonds is 7. The van der Waals surface area contributed by atoms with Gasteiger partial charge in [-0.25, -0.2) is 9.18 Å². The van der Waals surface area contributed by atoms with E-state index in [9.17, 15) is 20.2 Å². The van der Waals surface area contributed by atoms with Crippen LogP contribution in [0.25, 0.3) is 0 Å². The number of halogens is 1. The Bertz CT molecular complexity index is 1210. The molecule has 2 N–H and O–H groups in total. The van der Waals surface area contributed by atoms with Crippen LogP contribution in [0.15, 0.2) is 42.5 Å². The highest BCUT2D eigenvalue weighted by Gasteiger charge is 2.36. The van der Waals surface area contributed by atoms with Crippen molar-refractivity contribution in [1.29, 1.82) is 5.26 Å². The van der Waals surface area contributed by atoms with Crippen molar-refractivity contribution in [1.82, 2.24) is 5.32 Å². The highest BCUT2D eigenvalue weighted by atomic mass is 32.1. The van der Waals surface area contributed by atoms with Gasteiger partial charge in [0.25, 0.3) is 5.69 Å². The van der Waals surface area contributed by atoms with Gasteiger partial charge in [0, 0.05) is 43.8 Å². The van der Waals surface area contributed by atoms with Gasteiger partial charge in [-0.2, -0.15) is 5.26 Å². The monoisotopic (exact) mass is 512 g/mol. The van der Waals surface area contributed by atoms with E-state index in [4.69, 9.17) is 17.0 Å². The lowest BCUT2D eigenvalue weighted by Gasteiger charge is -2.39. The van der Waals surface area contributed by atoms with Crippen LogP contribution in [0.4, 0.5) is 31.9 Å². The zero-order valence-electron chi connectivity index (χ0n) is 19.6. The van der Waals surface area contributed by atoms with Crippen molar-refractivity contribution < 1.29 is 18.8 Å². The fourth-order valence-corrected chi connectivity index (χ4v) is 4.44. The molecule has 0 aromatic heterocycles. The predicted octanol–water partition coefficient (Wildman–Crippen LogP) is 3.97. The third-order valence-corrected chi connectivity index (χ3v) is 6.47. The van der Waals surface area contributed by atoms with E-state index in [-0.39, 0.29) is 18.3 Å². The largest absolute Gasteiger partial charge is 0.442 e. The predicted molar refractivity (Wildman–Crippen MR) is 137 cm³/mol. The van der Waals surface area contributed by atoms with Gasteiger partial charge in [0.05, 0.1) is 40.4 Å². The second-order valence-electron chi connectivity index (χ2n) is 8.80. The highest BCUT2D eigenvalue weighted by molar-refractivity contribution is 7.80. The van der Waals surface area contributed by atoms with Gasteiger partial charge >= 0.3 is 6.09 Å². The number of amides is 1. The van der Waals surface area contributed by atoms with Crippen LogP contribution in [-0.2, 0) is 4.74 Å². The number of ether oxygens (including phenoxy) is 1. The molecule has 0 spiro atoms. The first-order chi connectivity index (χ1) is 17.2. The van der Waals surface area contributed by atoms with Gasteiger partial charge in [-0.15, -0.1) is 0 Å². The molecule has 2 fully saturated rings. The Balaban J connectivity index is 1.39. The molecule has 2 heterocycles. The molecule has 0 unspecified atom stereocenters. The van der Waals surface area contributed by atoms with Gasteiger partial charge in [0.15, 0.2) is 0 Å². The molecule has 1 atom stereocenters. The molecule has 2 aromatic carbocycles. The summed E-state index contributed by atoms with van der Waals surface area (Å²) in [6, 6.07) is 12.9. The summed E-state index contributed by atoms with van der Waals surface area (Å²) < 4.78 is 20.4. The van der Waals surface area contributed by atoms with Gasteiger partial charge in [-0.3, -0.25) is 15.0 Å². The number of hydrogen-bond donors (Lipinski definition) is 2. The van der Waals surface area contributed by atoms with E-state index in [1.54, 1.807) is 31.2 Å². The number of benzene rings is 2. The third kappa shape index (κ3) is 5.46. The number of nitriles is 1. The maximum absolute atomic E-state index is 15.1. The SMILES string of the molecule is CC(=S)NC[C@H]1CN(c2ccc(N3CCC(C#N)(Nc4ccc([N+](=O)[O-])cc4)CC3)c(F)c2)C(=O)O1. The van der Waals surface area contributed by atoms with Crippen molar-refractivity contribution >= 4 is 46.0 Å². The van der Waals surface area contributed by atoms with E-state index >= 15 is 4.39 Å². The Labute approximate surface area is 212 Å². The van der Waals surface area contributed by atoms with Crippen LogP contribution in [0.5, 0.6) is 0 Å². The topological polar surface area (TPSA) is 124 Å². The van der Waals surface area contributed by atoms with Crippen molar-refractivity contribution in [3.8, 4) is 6.07 Å². The summed E-state index contributed by atoms with van der Waals surface area (Å²) in [6.45, 7) is 3.28. The second-order valence-corrected chi connectivity index (χ2v) is 9.41. The van der Waals surface area contributed by atoms with E-state index in [2.05, 4.69) is 16.7 Å². The van der Waals surface area contributed by atoms with Gasteiger partial charge in [-0.05, 0) is 37.3 Å². The fraction of sp³-hybridized carbons (Fsp3) is 0.375. The number of nitro groups is 1. The van der Waals surface area contributed by atoms with Gasteiger partial charge in [0.2, 0.25) is 0 Å². The Kier molecular flexibility index (Phi) is 7.21. The average molecular weight is 513 g/mol. The number of carbonyl (C=O) groups excluding carboxylic acids is 1. The molecular formula is C24H25FN6O4S. The minimum absolute atomic E-state index is 0.0280. The lowest BCUT2D eigenvalue weighted by molar-refractivity contribution is -0.384. The molecule has 0 radical (unpaired) electrons. The van der Waals surface area contributed by atoms with Crippen LogP contribution in [0.3, 0.4) is 0 Å². The summed E-state index contributed by atoms with van der Waals surface area (Å²) in [4.78, 5) is 26.5. The maximum atomic E-state index is 15.1. The van der Waals surface area contributed by atoms with Crippen molar-refractivity contribution in [2.75, 3.05) is 41.3 Å². The zero-order chi connectivity index (χ0) is 25.9. The van der Waals surface area contributed by atoms with Crippen LogP contribution >= 0.6 is 12.2 Å². The first-order valence-electron chi connectivity index (χ1n) is 11.4. The summed E-state index contributed by atoms with van der Waals surface area (Å²) in [5, 5.41) is 26.9. The summed E-state index contributed by atoms with van der Waals surface area (Å²) >= 11 is 4.98. The van der Waals surface area contributed by atoms with Crippen LogP contribution in [0.1, 0.15) is 19.8 Å². The highest BCUT2D eigenvalue weighted by Crippen LogP contribution is 2.33. The van der Waals surface area contributed by atoms with Crippen molar-refractivity contribution in [2.45, 2.75) is 31.4 Å². The summed E-state index contributed by atoms with van der Waals surface area (Å²) in [5.74, 6) is -0.468. The number of carbonyl (C=O) groups is 1. The molecular weight excluding hydrogens is 487 g/mol. The maximum Gasteiger partial charge on any atom is 0.414 e. The quantitative estimate of drug-likeness (QED) is 0.322. The molecule has 4 rings (SSSR count). The minimum Gasteiger partial charge on any atom is -0.442 e. The van der Waals surface area contributed by atoms with E-state index < -0.39 is 22.4 Å². The Morgan fingerprint density at radius 1 is 1.31 bits per heavy atom. The van der Waals surface area contributed by atoms with Crippen molar-refractivity contribution in [2.24, 2.45) is 0 Å². The Hall–Kier alpha value is -3.98. The molecule has 36 heavy (non-hydrogen) atoms. The molecule has 0 aliphatic carbocycles. The van der Waals surface area contributed by atoms with Crippen LogP contribution in [0, 0.1) is 27.3 Å². The number of cyclic esters (lactones) is 1. The second kappa shape index (κ2) is 10.3. The molecule has 1 amide bonds. The van der Waals surface area contributed by atoms with E-state index in [1.165, 1.54) is 23.1 Å². The van der Waals surface area contributed by atoms with E-state index in [0.29, 0.717) is 54.5 Å². The van der Waals surface area contributed by atoms with Crippen molar-refractivity contribution in [3.05, 3.63) is 58.4 Å². The Morgan fingerprint density at radius 3 is 2.58 bits per heavy atom. The lowest BCUT2D eigenvalue weighted by Crippen LogP contribution is -2.48. The molecule has 2 aromatic rings. The molecule has 0 bridgehead atoms. The summed E-state index contributed by atoms with van der Waals surface area (Å²) in [6.07, 6.45) is -0.0741. The standard InChI is InChI=1S/C24H25FN6O4S/c1-16(36)27-13-20-14-30(23(32)35-20)19-6-7-22(21(25)12-19)29-10-8-24(15-26,9-11-29)28-17-2-4-18(5-3-17)31(33)34/h2-7,12,20,28H,8-11,13-14H2,1H3,(H,27,36)/t20-/m0/s1. The van der Waals surface area contributed by atoms with Crippen molar-refractivity contribution in [3.63, 3.8) is 0 Å². The zero-order valence-corrected chi connectivity index (χ0v) is 20.4. The lowest BCUT2D eigenvalue weighted by atomic mass is 9.88. The molecule has 2 aliphatic heterocycles.